The van der Waals surface area contributed by atoms with E-state index >= 15 is 0 Å². The molecule has 1 aromatic rings. The largest absolute Gasteiger partial charge is 0.384 e. The molecule has 1 aromatic carbocycles. The van der Waals surface area contributed by atoms with Crippen LogP contribution in [0.1, 0.15) is 26.3 Å². The van der Waals surface area contributed by atoms with Crippen LogP contribution in [0.5, 0.6) is 0 Å². The standard InChI is InChI=1S/C15H24ClNO/c1-15(2,3)17-10-13(11-18-4)8-12-6-5-7-14(16)9-12/h5-7,9,13,17H,8,10-11H2,1-4H3. The lowest BCUT2D eigenvalue weighted by Gasteiger charge is -2.25. The van der Waals surface area contributed by atoms with Crippen LogP contribution in [0.2, 0.25) is 5.02 Å². The van der Waals surface area contributed by atoms with E-state index in [1.165, 1.54) is 5.56 Å². The van der Waals surface area contributed by atoms with E-state index in [1.54, 1.807) is 7.11 Å². The smallest absolute Gasteiger partial charge is 0.0505 e. The highest BCUT2D eigenvalue weighted by Crippen LogP contribution is 2.15. The molecule has 0 spiro atoms. The van der Waals surface area contributed by atoms with Gasteiger partial charge in [0.1, 0.15) is 0 Å². The minimum atomic E-state index is 0.139. The van der Waals surface area contributed by atoms with Gasteiger partial charge in [-0.25, -0.2) is 0 Å². The zero-order valence-corrected chi connectivity index (χ0v) is 12.6. The molecule has 0 fully saturated rings. The molecule has 102 valence electrons. The first-order valence-corrected chi connectivity index (χ1v) is 6.77. The predicted molar refractivity (Wildman–Crippen MR) is 78.3 cm³/mol. The molecule has 18 heavy (non-hydrogen) atoms. The Hall–Kier alpha value is -0.570. The second-order valence-corrected chi connectivity index (χ2v) is 6.22. The Kier molecular flexibility index (Phi) is 6.13. The van der Waals surface area contributed by atoms with Gasteiger partial charge in [-0.05, 0) is 50.8 Å². The minimum Gasteiger partial charge on any atom is -0.384 e. The molecule has 1 atom stereocenters. The number of rotatable bonds is 6. The van der Waals surface area contributed by atoms with E-state index in [9.17, 15) is 0 Å². The lowest BCUT2D eigenvalue weighted by Crippen LogP contribution is -2.40. The second-order valence-electron chi connectivity index (χ2n) is 5.79. The van der Waals surface area contributed by atoms with E-state index < -0.39 is 0 Å². The Labute approximate surface area is 116 Å². The molecular weight excluding hydrogens is 246 g/mol. The lowest BCUT2D eigenvalue weighted by molar-refractivity contribution is 0.146. The van der Waals surface area contributed by atoms with E-state index in [1.807, 2.05) is 18.2 Å². The van der Waals surface area contributed by atoms with Crippen LogP contribution in [0.25, 0.3) is 0 Å². The molecule has 0 aliphatic heterocycles. The number of hydrogen-bond acceptors (Lipinski definition) is 2. The molecule has 1 N–H and O–H groups in total. The average Bonchev–Trinajstić information content (AvgIpc) is 2.25. The number of halogens is 1. The van der Waals surface area contributed by atoms with Crippen molar-refractivity contribution in [2.24, 2.45) is 5.92 Å². The lowest BCUT2D eigenvalue weighted by atomic mass is 9.98. The van der Waals surface area contributed by atoms with Gasteiger partial charge in [-0.15, -0.1) is 0 Å². The zero-order chi connectivity index (χ0) is 13.6. The molecule has 0 heterocycles. The molecule has 0 bridgehead atoms. The fourth-order valence-electron chi connectivity index (χ4n) is 1.87. The van der Waals surface area contributed by atoms with Crippen molar-refractivity contribution in [3.05, 3.63) is 34.9 Å². The van der Waals surface area contributed by atoms with Crippen LogP contribution >= 0.6 is 11.6 Å². The van der Waals surface area contributed by atoms with Gasteiger partial charge < -0.3 is 10.1 Å². The van der Waals surface area contributed by atoms with E-state index in [-0.39, 0.29) is 5.54 Å². The molecule has 1 unspecified atom stereocenters. The quantitative estimate of drug-likeness (QED) is 0.853. The monoisotopic (exact) mass is 269 g/mol. The van der Waals surface area contributed by atoms with Gasteiger partial charge in [0.05, 0.1) is 6.61 Å². The van der Waals surface area contributed by atoms with Gasteiger partial charge in [0.15, 0.2) is 0 Å². The molecule has 0 radical (unpaired) electrons. The zero-order valence-electron chi connectivity index (χ0n) is 11.8. The Morgan fingerprint density at radius 3 is 2.61 bits per heavy atom. The summed E-state index contributed by atoms with van der Waals surface area (Å²) in [6.07, 6.45) is 0.984. The minimum absolute atomic E-state index is 0.139. The van der Waals surface area contributed by atoms with Gasteiger partial charge in [-0.2, -0.15) is 0 Å². The molecule has 1 rings (SSSR count). The Bertz CT molecular complexity index is 360. The molecule has 0 aromatic heterocycles. The molecule has 0 saturated carbocycles. The van der Waals surface area contributed by atoms with Crippen molar-refractivity contribution in [3.8, 4) is 0 Å². The first-order chi connectivity index (χ1) is 8.40. The number of benzene rings is 1. The highest BCUT2D eigenvalue weighted by molar-refractivity contribution is 6.30. The van der Waals surface area contributed by atoms with Crippen molar-refractivity contribution in [1.29, 1.82) is 0 Å². The van der Waals surface area contributed by atoms with Crippen molar-refractivity contribution in [2.45, 2.75) is 32.7 Å². The normalized spacial score (nSPS) is 13.6. The van der Waals surface area contributed by atoms with Gasteiger partial charge in [0.25, 0.3) is 0 Å². The summed E-state index contributed by atoms with van der Waals surface area (Å²) in [5.74, 6) is 0.465. The molecule has 0 aliphatic carbocycles. The predicted octanol–water partition coefficient (Wildman–Crippen LogP) is 3.53. The van der Waals surface area contributed by atoms with Crippen molar-refractivity contribution >= 4 is 11.6 Å². The summed E-state index contributed by atoms with van der Waals surface area (Å²) in [5.41, 5.74) is 1.40. The van der Waals surface area contributed by atoms with Gasteiger partial charge in [-0.3, -0.25) is 0 Å². The van der Waals surface area contributed by atoms with E-state index in [0.717, 1.165) is 24.6 Å². The molecule has 0 aliphatic rings. The summed E-state index contributed by atoms with van der Waals surface area (Å²) in [6, 6.07) is 8.05. The van der Waals surface area contributed by atoms with Crippen molar-refractivity contribution < 1.29 is 4.74 Å². The van der Waals surface area contributed by atoms with Crippen LogP contribution in [-0.4, -0.2) is 25.8 Å². The highest BCUT2D eigenvalue weighted by Gasteiger charge is 2.14. The van der Waals surface area contributed by atoms with Crippen LogP contribution in [0.4, 0.5) is 0 Å². The maximum atomic E-state index is 6.01. The number of ether oxygens (including phenoxy) is 1. The van der Waals surface area contributed by atoms with Crippen molar-refractivity contribution in [2.75, 3.05) is 20.3 Å². The Morgan fingerprint density at radius 1 is 1.33 bits per heavy atom. The van der Waals surface area contributed by atoms with E-state index in [2.05, 4.69) is 32.2 Å². The third-order valence-corrected chi connectivity index (χ3v) is 2.97. The summed E-state index contributed by atoms with van der Waals surface area (Å²) >= 11 is 6.01. The third kappa shape index (κ3) is 6.39. The van der Waals surface area contributed by atoms with Crippen molar-refractivity contribution in [1.82, 2.24) is 5.32 Å². The van der Waals surface area contributed by atoms with Crippen LogP contribution in [0.3, 0.4) is 0 Å². The number of nitrogens with one attached hydrogen (secondary N) is 1. The SMILES string of the molecule is COCC(CNC(C)(C)C)Cc1cccc(Cl)c1. The summed E-state index contributed by atoms with van der Waals surface area (Å²) in [6.45, 7) is 8.24. The van der Waals surface area contributed by atoms with E-state index in [4.69, 9.17) is 16.3 Å². The number of methoxy groups -OCH3 is 1. The molecule has 0 saturated heterocycles. The maximum absolute atomic E-state index is 6.01. The van der Waals surface area contributed by atoms with Gasteiger partial charge in [0, 0.05) is 24.2 Å². The number of hydrogen-bond donors (Lipinski definition) is 1. The summed E-state index contributed by atoms with van der Waals surface area (Å²) < 4.78 is 5.30. The average molecular weight is 270 g/mol. The molecular formula is C15H24ClNO. The van der Waals surface area contributed by atoms with E-state index in [0.29, 0.717) is 5.92 Å². The third-order valence-electron chi connectivity index (χ3n) is 2.74. The molecule has 3 heteroatoms. The topological polar surface area (TPSA) is 21.3 Å². The molecule has 2 nitrogen and oxygen atoms in total. The summed E-state index contributed by atoms with van der Waals surface area (Å²) in [4.78, 5) is 0. The second kappa shape index (κ2) is 7.13. The van der Waals surface area contributed by atoms with Crippen LogP contribution in [0.15, 0.2) is 24.3 Å². The highest BCUT2D eigenvalue weighted by atomic mass is 35.5. The fraction of sp³-hybridized carbons (Fsp3) is 0.600. The first-order valence-electron chi connectivity index (χ1n) is 6.39. The van der Waals surface area contributed by atoms with Crippen LogP contribution in [0, 0.1) is 5.92 Å². The Balaban J connectivity index is 2.57. The van der Waals surface area contributed by atoms with Crippen LogP contribution in [-0.2, 0) is 11.2 Å². The van der Waals surface area contributed by atoms with Gasteiger partial charge in [-0.1, -0.05) is 23.7 Å². The Morgan fingerprint density at radius 2 is 2.06 bits per heavy atom. The maximum Gasteiger partial charge on any atom is 0.0505 e. The van der Waals surface area contributed by atoms with Crippen molar-refractivity contribution in [3.63, 3.8) is 0 Å². The fourth-order valence-corrected chi connectivity index (χ4v) is 2.09. The van der Waals surface area contributed by atoms with Gasteiger partial charge in [0.2, 0.25) is 0 Å². The van der Waals surface area contributed by atoms with Gasteiger partial charge >= 0.3 is 0 Å². The summed E-state index contributed by atoms with van der Waals surface area (Å²) in [5, 5.41) is 4.33. The van der Waals surface area contributed by atoms with Crippen LogP contribution < -0.4 is 5.32 Å². The first kappa shape index (κ1) is 15.5. The molecule has 0 amide bonds. The summed E-state index contributed by atoms with van der Waals surface area (Å²) in [7, 11) is 1.75.